The molecule has 0 saturated carbocycles. The summed E-state index contributed by atoms with van der Waals surface area (Å²) in [5.41, 5.74) is 0. The Labute approximate surface area is 385 Å². The molecule has 0 bridgehead atoms. The molecule has 0 heterocycles. The largest absolute Gasteiger partial charge is 0.462 e. The number of unbranched alkanes of at least 4 members (excludes halogenated alkanes) is 35. The van der Waals surface area contributed by atoms with Crippen molar-refractivity contribution in [2.24, 2.45) is 0 Å². The van der Waals surface area contributed by atoms with Crippen LogP contribution in [0.3, 0.4) is 0 Å². The smallest absolute Gasteiger partial charge is 0.306 e. The molecule has 0 unspecified atom stereocenters. The maximum absolute atomic E-state index is 12.8. The van der Waals surface area contributed by atoms with Crippen molar-refractivity contribution in [2.75, 3.05) is 13.2 Å². The lowest BCUT2D eigenvalue weighted by atomic mass is 10.1. The van der Waals surface area contributed by atoms with E-state index in [-0.39, 0.29) is 31.1 Å². The van der Waals surface area contributed by atoms with Crippen molar-refractivity contribution in [2.45, 2.75) is 303 Å². The van der Waals surface area contributed by atoms with Crippen LogP contribution in [0.1, 0.15) is 297 Å². The summed E-state index contributed by atoms with van der Waals surface area (Å²) >= 11 is 0. The molecular formula is C56H104O6. The number of carbonyl (C=O) groups is 3. The second kappa shape index (κ2) is 51.5. The first-order chi connectivity index (χ1) is 30.5. The van der Waals surface area contributed by atoms with E-state index in [0.29, 0.717) is 19.3 Å². The lowest BCUT2D eigenvalue weighted by Crippen LogP contribution is -2.30. The second-order valence-electron chi connectivity index (χ2n) is 18.5. The molecule has 0 aliphatic carbocycles. The van der Waals surface area contributed by atoms with E-state index < -0.39 is 6.10 Å². The van der Waals surface area contributed by atoms with Crippen molar-refractivity contribution in [1.82, 2.24) is 0 Å². The molecule has 0 aromatic carbocycles. The van der Waals surface area contributed by atoms with Crippen LogP contribution < -0.4 is 0 Å². The molecule has 0 spiro atoms. The predicted octanol–water partition coefficient (Wildman–Crippen LogP) is 17.9. The summed E-state index contributed by atoms with van der Waals surface area (Å²) in [6, 6.07) is 0. The van der Waals surface area contributed by atoms with Gasteiger partial charge in [0, 0.05) is 19.3 Å². The molecule has 0 amide bonds. The van der Waals surface area contributed by atoms with Gasteiger partial charge < -0.3 is 14.2 Å². The third-order valence-corrected chi connectivity index (χ3v) is 12.2. The van der Waals surface area contributed by atoms with Gasteiger partial charge in [-0.1, -0.05) is 231 Å². The number of hydrogen-bond acceptors (Lipinski definition) is 6. The molecule has 0 aliphatic rings. The van der Waals surface area contributed by atoms with E-state index in [1.807, 2.05) is 0 Å². The number of esters is 3. The van der Waals surface area contributed by atoms with Gasteiger partial charge in [-0.25, -0.2) is 0 Å². The van der Waals surface area contributed by atoms with E-state index in [4.69, 9.17) is 14.2 Å². The first kappa shape index (κ1) is 59.9. The van der Waals surface area contributed by atoms with Gasteiger partial charge in [0.25, 0.3) is 0 Å². The highest BCUT2D eigenvalue weighted by Gasteiger charge is 2.19. The fraction of sp³-hybridized carbons (Fsp3) is 0.875. The molecule has 0 aliphatic heterocycles. The van der Waals surface area contributed by atoms with Crippen LogP contribution >= 0.6 is 0 Å². The molecule has 0 fully saturated rings. The standard InChI is InChI=1S/C56H104O6/c1-4-7-10-13-16-19-22-24-26-27-28-29-30-32-34-37-40-43-46-49-55(58)61-52-53(51-60-54(57)48-45-42-39-36-33-21-18-15-12-9-6-3)62-56(59)50-47-44-41-38-35-31-25-23-20-17-14-11-8-5-2/h23,25,27-28,53H,4-22,24,26,29-52H2,1-3H3/b25-23-,28-27-/t53-/m1/s1. The Balaban J connectivity index is 4.30. The van der Waals surface area contributed by atoms with Crippen LogP contribution in [0.15, 0.2) is 24.3 Å². The summed E-state index contributed by atoms with van der Waals surface area (Å²) in [6.45, 7) is 6.64. The lowest BCUT2D eigenvalue weighted by Gasteiger charge is -2.18. The normalized spacial score (nSPS) is 12.1. The van der Waals surface area contributed by atoms with E-state index in [1.165, 1.54) is 193 Å². The van der Waals surface area contributed by atoms with Gasteiger partial charge >= 0.3 is 17.9 Å². The van der Waals surface area contributed by atoms with E-state index >= 15 is 0 Å². The van der Waals surface area contributed by atoms with E-state index in [2.05, 4.69) is 45.1 Å². The molecular weight excluding hydrogens is 769 g/mol. The Bertz CT molecular complexity index is 1000. The van der Waals surface area contributed by atoms with Crippen molar-refractivity contribution in [3.63, 3.8) is 0 Å². The first-order valence-corrected chi connectivity index (χ1v) is 27.3. The highest BCUT2D eigenvalue weighted by Crippen LogP contribution is 2.16. The Morgan fingerprint density at radius 2 is 0.532 bits per heavy atom. The maximum atomic E-state index is 12.8. The molecule has 0 aromatic heterocycles. The van der Waals surface area contributed by atoms with Crippen LogP contribution in [0.2, 0.25) is 0 Å². The highest BCUT2D eigenvalue weighted by molar-refractivity contribution is 5.71. The Morgan fingerprint density at radius 1 is 0.306 bits per heavy atom. The summed E-state index contributed by atoms with van der Waals surface area (Å²) in [5.74, 6) is -0.872. The van der Waals surface area contributed by atoms with Crippen LogP contribution in [0.4, 0.5) is 0 Å². The summed E-state index contributed by atoms with van der Waals surface area (Å²) in [5, 5.41) is 0. The number of carbonyl (C=O) groups excluding carboxylic acids is 3. The van der Waals surface area contributed by atoms with Crippen LogP contribution in [-0.2, 0) is 28.6 Å². The van der Waals surface area contributed by atoms with Crippen molar-refractivity contribution >= 4 is 17.9 Å². The maximum Gasteiger partial charge on any atom is 0.306 e. The monoisotopic (exact) mass is 873 g/mol. The zero-order chi connectivity index (χ0) is 45.1. The first-order valence-electron chi connectivity index (χ1n) is 27.3. The van der Waals surface area contributed by atoms with Crippen molar-refractivity contribution < 1.29 is 28.6 Å². The molecule has 0 N–H and O–H groups in total. The molecule has 0 radical (unpaired) electrons. The molecule has 0 rings (SSSR count). The minimum atomic E-state index is -0.772. The zero-order valence-corrected chi connectivity index (χ0v) is 41.7. The third kappa shape index (κ3) is 48.9. The van der Waals surface area contributed by atoms with Crippen LogP contribution in [-0.4, -0.2) is 37.2 Å². The quantitative estimate of drug-likeness (QED) is 0.0262. The Hall–Kier alpha value is -2.11. The van der Waals surface area contributed by atoms with Gasteiger partial charge in [-0.2, -0.15) is 0 Å². The molecule has 1 atom stereocenters. The number of ether oxygens (including phenoxy) is 3. The van der Waals surface area contributed by atoms with Gasteiger partial charge in [0.2, 0.25) is 0 Å². The SMILES string of the molecule is CCCCCCC/C=C\CCCCCCCC(=O)O[C@@H](COC(=O)CCCCCCCCC/C=C\CCCCCCCCCC)COC(=O)CCCCCCCCCCCCC. The minimum Gasteiger partial charge on any atom is -0.462 e. The molecule has 0 aromatic rings. The summed E-state index contributed by atoms with van der Waals surface area (Å²) in [7, 11) is 0. The lowest BCUT2D eigenvalue weighted by molar-refractivity contribution is -0.167. The fourth-order valence-electron chi connectivity index (χ4n) is 8.02. The zero-order valence-electron chi connectivity index (χ0n) is 41.7. The average molecular weight is 873 g/mol. The number of hydrogen-bond donors (Lipinski definition) is 0. The molecule has 364 valence electrons. The average Bonchev–Trinajstić information content (AvgIpc) is 3.27. The van der Waals surface area contributed by atoms with Gasteiger partial charge in [0.1, 0.15) is 13.2 Å². The summed E-state index contributed by atoms with van der Waals surface area (Å²) in [4.78, 5) is 38.0. The third-order valence-electron chi connectivity index (χ3n) is 12.2. The minimum absolute atomic E-state index is 0.0722. The topological polar surface area (TPSA) is 78.9 Å². The molecule has 62 heavy (non-hydrogen) atoms. The summed E-state index contributed by atoms with van der Waals surface area (Å²) < 4.78 is 16.8. The van der Waals surface area contributed by atoms with Gasteiger partial charge in [-0.3, -0.25) is 14.4 Å². The Kier molecular flexibility index (Phi) is 49.8. The predicted molar refractivity (Wildman–Crippen MR) is 266 cm³/mol. The summed E-state index contributed by atoms with van der Waals surface area (Å²) in [6.07, 6.45) is 58.8. The van der Waals surface area contributed by atoms with Gasteiger partial charge in [0.05, 0.1) is 0 Å². The highest BCUT2D eigenvalue weighted by atomic mass is 16.6. The van der Waals surface area contributed by atoms with E-state index in [0.717, 1.165) is 64.2 Å². The van der Waals surface area contributed by atoms with Crippen molar-refractivity contribution in [3.05, 3.63) is 24.3 Å². The fourth-order valence-corrected chi connectivity index (χ4v) is 8.02. The van der Waals surface area contributed by atoms with Gasteiger partial charge in [-0.15, -0.1) is 0 Å². The van der Waals surface area contributed by atoms with Gasteiger partial charge in [0.15, 0.2) is 6.10 Å². The van der Waals surface area contributed by atoms with E-state index in [1.54, 1.807) is 0 Å². The van der Waals surface area contributed by atoms with Crippen LogP contribution in [0.25, 0.3) is 0 Å². The van der Waals surface area contributed by atoms with Crippen LogP contribution in [0.5, 0.6) is 0 Å². The number of allylic oxidation sites excluding steroid dienone is 4. The number of rotatable bonds is 50. The molecule has 6 nitrogen and oxygen atoms in total. The second-order valence-corrected chi connectivity index (χ2v) is 18.5. The molecule has 6 heteroatoms. The molecule has 0 saturated heterocycles. The Morgan fingerprint density at radius 3 is 0.806 bits per heavy atom. The van der Waals surface area contributed by atoms with Crippen molar-refractivity contribution in [3.8, 4) is 0 Å². The van der Waals surface area contributed by atoms with Gasteiger partial charge in [-0.05, 0) is 70.6 Å². The van der Waals surface area contributed by atoms with Crippen LogP contribution in [0, 0.1) is 0 Å². The van der Waals surface area contributed by atoms with E-state index in [9.17, 15) is 14.4 Å². The van der Waals surface area contributed by atoms with Crippen molar-refractivity contribution in [1.29, 1.82) is 0 Å².